The van der Waals surface area contributed by atoms with E-state index in [1.807, 2.05) is 0 Å². The predicted molar refractivity (Wildman–Crippen MR) is 65.3 cm³/mol. The van der Waals surface area contributed by atoms with Crippen LogP contribution in [0.3, 0.4) is 0 Å². The number of hydrogen-bond acceptors (Lipinski definition) is 2. The van der Waals surface area contributed by atoms with Crippen molar-refractivity contribution in [2.75, 3.05) is 13.1 Å². The van der Waals surface area contributed by atoms with E-state index in [1.165, 1.54) is 51.5 Å². The van der Waals surface area contributed by atoms with Gasteiger partial charge in [0, 0.05) is 19.1 Å². The molecule has 2 aliphatic carbocycles. The number of nitrogens with zero attached hydrogens (tertiary/aromatic N) is 1. The van der Waals surface area contributed by atoms with Gasteiger partial charge in [-0.15, -0.1) is 0 Å². The van der Waals surface area contributed by atoms with Crippen molar-refractivity contribution < 1.29 is 5.11 Å². The molecule has 0 aromatic heterocycles. The van der Waals surface area contributed by atoms with Crippen LogP contribution in [0.1, 0.15) is 51.4 Å². The van der Waals surface area contributed by atoms with E-state index < -0.39 is 0 Å². The highest BCUT2D eigenvalue weighted by Gasteiger charge is 2.38. The lowest BCUT2D eigenvalue weighted by Gasteiger charge is -2.33. The molecule has 0 amide bonds. The second-order valence-electron chi connectivity index (χ2n) is 6.25. The van der Waals surface area contributed by atoms with Crippen molar-refractivity contribution in [3.8, 4) is 0 Å². The molecule has 1 saturated heterocycles. The normalized spacial score (nSPS) is 38.1. The lowest BCUT2D eigenvalue weighted by molar-refractivity contribution is 0.149. The van der Waals surface area contributed by atoms with Gasteiger partial charge in [0.2, 0.25) is 0 Å². The fourth-order valence-corrected chi connectivity index (χ4v) is 3.76. The van der Waals surface area contributed by atoms with Crippen molar-refractivity contribution in [3.05, 3.63) is 0 Å². The van der Waals surface area contributed by atoms with E-state index in [-0.39, 0.29) is 6.10 Å². The molecule has 1 aliphatic heterocycles. The molecule has 0 spiro atoms. The lowest BCUT2D eigenvalue weighted by atomic mass is 9.82. The molecule has 2 heteroatoms. The van der Waals surface area contributed by atoms with Crippen LogP contribution in [0.5, 0.6) is 0 Å². The molecule has 2 unspecified atom stereocenters. The molecule has 0 aromatic carbocycles. The summed E-state index contributed by atoms with van der Waals surface area (Å²) in [5.74, 6) is 1.86. The number of aliphatic hydroxyl groups excluding tert-OH is 1. The molecule has 0 bridgehead atoms. The van der Waals surface area contributed by atoms with Gasteiger partial charge in [0.05, 0.1) is 6.10 Å². The topological polar surface area (TPSA) is 23.5 Å². The Kier molecular flexibility index (Phi) is 3.21. The Morgan fingerprint density at radius 2 is 1.75 bits per heavy atom. The summed E-state index contributed by atoms with van der Waals surface area (Å²) >= 11 is 0. The highest BCUT2D eigenvalue weighted by molar-refractivity contribution is 4.93. The highest BCUT2D eigenvalue weighted by atomic mass is 16.3. The van der Waals surface area contributed by atoms with Gasteiger partial charge < -0.3 is 5.11 Å². The average molecular weight is 223 g/mol. The van der Waals surface area contributed by atoms with Crippen molar-refractivity contribution >= 4 is 0 Å². The first-order chi connectivity index (χ1) is 7.83. The van der Waals surface area contributed by atoms with Crippen LogP contribution in [0.4, 0.5) is 0 Å². The van der Waals surface area contributed by atoms with E-state index in [0.29, 0.717) is 0 Å². The highest BCUT2D eigenvalue weighted by Crippen LogP contribution is 2.37. The zero-order chi connectivity index (χ0) is 11.0. The van der Waals surface area contributed by atoms with E-state index in [1.54, 1.807) is 0 Å². The molecule has 2 atom stereocenters. The Morgan fingerprint density at radius 3 is 2.44 bits per heavy atom. The Balaban J connectivity index is 1.60. The second kappa shape index (κ2) is 4.66. The standard InChI is InChI=1S/C14H25NO/c16-13-8-14(12-4-2-1-3-5-12)15(10-13)9-11-6-7-11/h11-14,16H,1-10H2. The maximum atomic E-state index is 9.89. The summed E-state index contributed by atoms with van der Waals surface area (Å²) in [5, 5.41) is 9.89. The van der Waals surface area contributed by atoms with Gasteiger partial charge >= 0.3 is 0 Å². The first-order valence-electron chi connectivity index (χ1n) is 7.25. The third kappa shape index (κ3) is 2.43. The van der Waals surface area contributed by atoms with Crippen molar-refractivity contribution in [3.63, 3.8) is 0 Å². The Morgan fingerprint density at radius 1 is 1.00 bits per heavy atom. The Hall–Kier alpha value is -0.0800. The van der Waals surface area contributed by atoms with Gasteiger partial charge in [-0.2, -0.15) is 0 Å². The van der Waals surface area contributed by atoms with Crippen molar-refractivity contribution in [1.82, 2.24) is 4.90 Å². The zero-order valence-corrected chi connectivity index (χ0v) is 10.3. The van der Waals surface area contributed by atoms with Crippen molar-refractivity contribution in [2.24, 2.45) is 11.8 Å². The summed E-state index contributed by atoms with van der Waals surface area (Å²) in [6.07, 6.45) is 11.0. The van der Waals surface area contributed by atoms with E-state index in [4.69, 9.17) is 0 Å². The number of hydrogen-bond donors (Lipinski definition) is 1. The van der Waals surface area contributed by atoms with Gasteiger partial charge in [-0.3, -0.25) is 4.90 Å². The van der Waals surface area contributed by atoms with E-state index in [0.717, 1.165) is 30.8 Å². The SMILES string of the molecule is OC1CC(C2CCCCC2)N(CC2CC2)C1. The zero-order valence-electron chi connectivity index (χ0n) is 10.3. The Labute approximate surface area is 99.0 Å². The molecule has 2 saturated carbocycles. The van der Waals surface area contributed by atoms with E-state index >= 15 is 0 Å². The third-order valence-electron chi connectivity index (χ3n) is 4.81. The fourth-order valence-electron chi connectivity index (χ4n) is 3.76. The number of rotatable bonds is 3. The maximum Gasteiger partial charge on any atom is 0.0682 e. The predicted octanol–water partition coefficient (Wildman–Crippen LogP) is 2.41. The third-order valence-corrected chi connectivity index (χ3v) is 4.81. The maximum absolute atomic E-state index is 9.89. The molecule has 1 heterocycles. The van der Waals surface area contributed by atoms with Crippen LogP contribution >= 0.6 is 0 Å². The molecular formula is C14H25NO. The summed E-state index contributed by atoms with van der Waals surface area (Å²) in [7, 11) is 0. The van der Waals surface area contributed by atoms with Crippen molar-refractivity contribution in [2.45, 2.75) is 63.5 Å². The average Bonchev–Trinajstić information content (AvgIpc) is 3.03. The number of β-amino-alcohol motifs (C(OH)–C–C–N with tert-alkyl or cyclic N) is 1. The van der Waals surface area contributed by atoms with Crippen LogP contribution in [0.15, 0.2) is 0 Å². The molecule has 0 radical (unpaired) electrons. The van der Waals surface area contributed by atoms with Crippen LogP contribution in [0.25, 0.3) is 0 Å². The quantitative estimate of drug-likeness (QED) is 0.794. The molecule has 3 rings (SSSR count). The molecule has 0 aromatic rings. The van der Waals surface area contributed by atoms with E-state index in [2.05, 4.69) is 4.90 Å². The second-order valence-corrected chi connectivity index (χ2v) is 6.25. The van der Waals surface area contributed by atoms with Gasteiger partial charge in [0.1, 0.15) is 0 Å². The smallest absolute Gasteiger partial charge is 0.0682 e. The summed E-state index contributed by atoms with van der Waals surface area (Å²) in [6.45, 7) is 2.23. The summed E-state index contributed by atoms with van der Waals surface area (Å²) in [4.78, 5) is 2.62. The largest absolute Gasteiger partial charge is 0.392 e. The van der Waals surface area contributed by atoms with Crippen LogP contribution in [0.2, 0.25) is 0 Å². The monoisotopic (exact) mass is 223 g/mol. The number of aliphatic hydroxyl groups is 1. The van der Waals surface area contributed by atoms with Crippen LogP contribution in [0, 0.1) is 11.8 Å². The van der Waals surface area contributed by atoms with Crippen LogP contribution in [-0.2, 0) is 0 Å². The van der Waals surface area contributed by atoms with Gasteiger partial charge in [-0.1, -0.05) is 19.3 Å². The molecule has 16 heavy (non-hydrogen) atoms. The Bertz CT molecular complexity index is 233. The molecule has 92 valence electrons. The first-order valence-corrected chi connectivity index (χ1v) is 7.25. The minimum absolute atomic E-state index is 0.0364. The first kappa shape index (κ1) is 11.0. The summed E-state index contributed by atoms with van der Waals surface area (Å²) < 4.78 is 0. The lowest BCUT2D eigenvalue weighted by Crippen LogP contribution is -2.37. The fraction of sp³-hybridized carbons (Fsp3) is 1.00. The summed E-state index contributed by atoms with van der Waals surface area (Å²) in [5.41, 5.74) is 0. The van der Waals surface area contributed by atoms with Crippen LogP contribution in [-0.4, -0.2) is 35.2 Å². The van der Waals surface area contributed by atoms with E-state index in [9.17, 15) is 5.11 Å². The van der Waals surface area contributed by atoms with Crippen molar-refractivity contribution in [1.29, 1.82) is 0 Å². The molecule has 1 N–H and O–H groups in total. The minimum atomic E-state index is -0.0364. The molecule has 3 aliphatic rings. The van der Waals surface area contributed by atoms with Gasteiger partial charge in [0.25, 0.3) is 0 Å². The molecule has 3 fully saturated rings. The number of likely N-dealkylation sites (tertiary alicyclic amines) is 1. The van der Waals surface area contributed by atoms with Gasteiger partial charge in [0.15, 0.2) is 0 Å². The molecule has 2 nitrogen and oxygen atoms in total. The minimum Gasteiger partial charge on any atom is -0.392 e. The van der Waals surface area contributed by atoms with Gasteiger partial charge in [-0.25, -0.2) is 0 Å². The molecular weight excluding hydrogens is 198 g/mol. The van der Waals surface area contributed by atoms with Gasteiger partial charge in [-0.05, 0) is 43.9 Å². The summed E-state index contributed by atoms with van der Waals surface area (Å²) in [6, 6.07) is 0.718. The van der Waals surface area contributed by atoms with Crippen LogP contribution < -0.4 is 0 Å².